The molecule has 0 fully saturated rings. The first-order chi connectivity index (χ1) is 6.74. The van der Waals surface area contributed by atoms with Crippen LogP contribution in [0.4, 0.5) is 23.2 Å². The van der Waals surface area contributed by atoms with Crippen molar-refractivity contribution in [1.82, 2.24) is 0 Å². The van der Waals surface area contributed by atoms with E-state index >= 15 is 0 Å². The maximum absolute atomic E-state index is 12.6. The minimum absolute atomic E-state index is 0.182. The molecule has 0 amide bonds. The van der Waals surface area contributed by atoms with Crippen LogP contribution in [0.2, 0.25) is 0 Å². The van der Waals surface area contributed by atoms with Gasteiger partial charge in [-0.3, -0.25) is 0 Å². The molecule has 0 saturated carbocycles. The van der Waals surface area contributed by atoms with Crippen molar-refractivity contribution in [3.05, 3.63) is 24.3 Å². The van der Waals surface area contributed by atoms with Gasteiger partial charge < -0.3 is 10.5 Å². The third-order valence-electron chi connectivity index (χ3n) is 1.49. The topological polar surface area (TPSA) is 35.2 Å². The lowest BCUT2D eigenvalue weighted by Crippen LogP contribution is -2.41. The summed E-state index contributed by atoms with van der Waals surface area (Å²) in [5.41, 5.74) is 5.04. The van der Waals surface area contributed by atoms with Gasteiger partial charge >= 0.3 is 11.5 Å². The van der Waals surface area contributed by atoms with E-state index in [-0.39, 0.29) is 5.69 Å². The molecule has 0 bridgehead atoms. The highest BCUT2D eigenvalue weighted by Gasteiger charge is 2.58. The number of para-hydroxylation sites is 2. The first kappa shape index (κ1) is 11.9. The predicted octanol–water partition coefficient (Wildman–Crippen LogP) is 3.07. The Morgan fingerprint density at radius 1 is 1.13 bits per heavy atom. The van der Waals surface area contributed by atoms with Crippen LogP contribution >= 0.6 is 11.6 Å². The van der Waals surface area contributed by atoms with Gasteiger partial charge in [0.15, 0.2) is 0 Å². The van der Waals surface area contributed by atoms with Gasteiger partial charge in [-0.25, -0.2) is 0 Å². The fraction of sp³-hybridized carbons (Fsp3) is 0.250. The Bertz CT molecular complexity index is 353. The normalized spacial score (nSPS) is 12.6. The number of hydrogen-bond acceptors (Lipinski definition) is 2. The molecule has 2 N–H and O–H groups in total. The third kappa shape index (κ3) is 2.65. The van der Waals surface area contributed by atoms with Gasteiger partial charge in [0.1, 0.15) is 5.75 Å². The van der Waals surface area contributed by atoms with E-state index < -0.39 is 17.2 Å². The molecular weight excluding hydrogens is 238 g/mol. The van der Waals surface area contributed by atoms with Crippen molar-refractivity contribution in [2.45, 2.75) is 11.5 Å². The number of benzene rings is 1. The molecule has 0 atom stereocenters. The Morgan fingerprint density at radius 2 is 1.67 bits per heavy atom. The lowest BCUT2D eigenvalue weighted by Gasteiger charge is -2.22. The van der Waals surface area contributed by atoms with Gasteiger partial charge in [0, 0.05) is 0 Å². The summed E-state index contributed by atoms with van der Waals surface area (Å²) in [6, 6.07) is 5.02. The highest BCUT2D eigenvalue weighted by molar-refractivity contribution is 6.22. The van der Waals surface area contributed by atoms with Gasteiger partial charge in [0.25, 0.3) is 0 Å². The zero-order chi connectivity index (χ0) is 11.7. The van der Waals surface area contributed by atoms with Crippen molar-refractivity contribution in [1.29, 1.82) is 0 Å². The number of alkyl halides is 5. The van der Waals surface area contributed by atoms with E-state index in [1.54, 1.807) is 0 Å². The molecule has 0 aliphatic carbocycles. The van der Waals surface area contributed by atoms with Gasteiger partial charge in [-0.1, -0.05) is 12.1 Å². The van der Waals surface area contributed by atoms with Crippen LogP contribution in [0.15, 0.2) is 24.3 Å². The number of halogens is 5. The van der Waals surface area contributed by atoms with Crippen LogP contribution < -0.4 is 10.5 Å². The van der Waals surface area contributed by atoms with Crippen molar-refractivity contribution < 1.29 is 22.3 Å². The summed E-state index contributed by atoms with van der Waals surface area (Å²) in [6.07, 6.45) is -4.82. The summed E-state index contributed by atoms with van der Waals surface area (Å²) in [5.74, 6) is -0.553. The summed E-state index contributed by atoms with van der Waals surface area (Å²) < 4.78 is 53.4. The third-order valence-corrected chi connectivity index (χ3v) is 1.71. The molecule has 0 unspecified atom stereocenters. The van der Waals surface area contributed by atoms with Crippen molar-refractivity contribution in [3.8, 4) is 5.75 Å². The smallest absolute Gasteiger partial charge is 0.425 e. The SMILES string of the molecule is Nc1ccccc1OC(F)(F)C(F)(F)Cl. The van der Waals surface area contributed by atoms with Gasteiger partial charge in [0.05, 0.1) is 5.69 Å². The van der Waals surface area contributed by atoms with E-state index in [1.165, 1.54) is 18.2 Å². The van der Waals surface area contributed by atoms with E-state index in [1.807, 2.05) is 0 Å². The lowest BCUT2D eigenvalue weighted by molar-refractivity contribution is -0.273. The molecule has 0 saturated heterocycles. The molecule has 1 rings (SSSR count). The van der Waals surface area contributed by atoms with E-state index in [0.29, 0.717) is 0 Å². The van der Waals surface area contributed by atoms with Crippen LogP contribution in [0.5, 0.6) is 5.75 Å². The fourth-order valence-corrected chi connectivity index (χ4v) is 0.808. The highest BCUT2D eigenvalue weighted by atomic mass is 35.5. The van der Waals surface area contributed by atoms with Crippen LogP contribution in [0.25, 0.3) is 0 Å². The van der Waals surface area contributed by atoms with Crippen molar-refractivity contribution >= 4 is 17.3 Å². The molecule has 0 radical (unpaired) electrons. The summed E-state index contributed by atoms with van der Waals surface area (Å²) >= 11 is 4.18. The monoisotopic (exact) mass is 243 g/mol. The molecule has 0 aliphatic heterocycles. The van der Waals surface area contributed by atoms with Gasteiger partial charge in [-0.05, 0) is 23.7 Å². The minimum atomic E-state index is -4.82. The van der Waals surface area contributed by atoms with Crippen molar-refractivity contribution in [2.75, 3.05) is 5.73 Å². The Balaban J connectivity index is 2.92. The second-order valence-electron chi connectivity index (χ2n) is 2.65. The second kappa shape index (κ2) is 3.77. The molecule has 15 heavy (non-hydrogen) atoms. The quantitative estimate of drug-likeness (QED) is 0.503. The maximum atomic E-state index is 12.6. The number of nitrogen functional groups attached to an aromatic ring is 1. The molecule has 0 aromatic heterocycles. The molecular formula is C8H6ClF4NO. The molecule has 0 spiro atoms. The molecule has 84 valence electrons. The summed E-state index contributed by atoms with van der Waals surface area (Å²) in [5, 5.41) is -4.80. The largest absolute Gasteiger partial charge is 0.480 e. The average molecular weight is 244 g/mol. The number of hydrogen-bond donors (Lipinski definition) is 1. The van der Waals surface area contributed by atoms with Crippen molar-refractivity contribution in [2.24, 2.45) is 0 Å². The maximum Gasteiger partial charge on any atom is 0.480 e. The molecule has 1 aromatic carbocycles. The van der Waals surface area contributed by atoms with Crippen LogP contribution in [-0.2, 0) is 0 Å². The van der Waals surface area contributed by atoms with E-state index in [2.05, 4.69) is 16.3 Å². The second-order valence-corrected chi connectivity index (χ2v) is 3.13. The highest BCUT2D eigenvalue weighted by Crippen LogP contribution is 2.40. The Kier molecular flexibility index (Phi) is 2.99. The Labute approximate surface area is 87.6 Å². The van der Waals surface area contributed by atoms with Gasteiger partial charge in [-0.2, -0.15) is 17.6 Å². The fourth-order valence-electron chi connectivity index (χ4n) is 0.769. The molecule has 0 heterocycles. The zero-order valence-corrected chi connectivity index (χ0v) is 7.94. The van der Waals surface area contributed by atoms with E-state index in [0.717, 1.165) is 6.07 Å². The van der Waals surface area contributed by atoms with Gasteiger partial charge in [-0.15, -0.1) is 0 Å². The van der Waals surface area contributed by atoms with Gasteiger partial charge in [0.2, 0.25) is 0 Å². The van der Waals surface area contributed by atoms with E-state index in [4.69, 9.17) is 5.73 Å². The van der Waals surface area contributed by atoms with Crippen LogP contribution in [0, 0.1) is 0 Å². The van der Waals surface area contributed by atoms with E-state index in [9.17, 15) is 17.6 Å². The molecule has 7 heteroatoms. The van der Waals surface area contributed by atoms with Crippen molar-refractivity contribution in [3.63, 3.8) is 0 Å². The zero-order valence-electron chi connectivity index (χ0n) is 7.18. The predicted molar refractivity (Wildman–Crippen MR) is 47.2 cm³/mol. The summed E-state index contributed by atoms with van der Waals surface area (Å²) in [4.78, 5) is 0. The Hall–Kier alpha value is -1.17. The summed E-state index contributed by atoms with van der Waals surface area (Å²) in [6.45, 7) is 0. The summed E-state index contributed by atoms with van der Waals surface area (Å²) in [7, 11) is 0. The van der Waals surface area contributed by atoms with Crippen LogP contribution in [0.1, 0.15) is 0 Å². The number of rotatable bonds is 3. The molecule has 0 aliphatic rings. The first-order valence-electron chi connectivity index (χ1n) is 3.72. The number of anilines is 1. The average Bonchev–Trinajstić information content (AvgIpc) is 2.06. The molecule has 1 aromatic rings. The van der Waals surface area contributed by atoms with Crippen LogP contribution in [0.3, 0.4) is 0 Å². The molecule has 2 nitrogen and oxygen atoms in total. The lowest BCUT2D eigenvalue weighted by atomic mass is 10.3. The number of nitrogens with two attached hydrogens (primary N) is 1. The minimum Gasteiger partial charge on any atom is -0.425 e. The first-order valence-corrected chi connectivity index (χ1v) is 4.10. The standard InChI is InChI=1S/C8H6ClF4NO/c9-7(10,11)8(12,13)15-6-4-2-1-3-5(6)14/h1-4H,14H2. The Morgan fingerprint density at radius 3 is 2.13 bits per heavy atom. The van der Waals surface area contributed by atoms with Crippen LogP contribution in [-0.4, -0.2) is 11.5 Å². The number of ether oxygens (including phenoxy) is 1.